The van der Waals surface area contributed by atoms with Crippen molar-refractivity contribution in [3.8, 4) is 11.1 Å². The minimum absolute atomic E-state index is 0.0482. The van der Waals surface area contributed by atoms with E-state index >= 15 is 0 Å². The second-order valence-electron chi connectivity index (χ2n) is 4.00. The van der Waals surface area contributed by atoms with Crippen molar-refractivity contribution in [2.45, 2.75) is 6.18 Å². The van der Waals surface area contributed by atoms with Crippen LogP contribution in [0, 0.1) is 15.9 Å². The summed E-state index contributed by atoms with van der Waals surface area (Å²) in [4.78, 5) is 9.86. The molecule has 104 valence electrons. The Morgan fingerprint density at radius 3 is 2.05 bits per heavy atom. The summed E-state index contributed by atoms with van der Waals surface area (Å²) in [5.74, 6) is -1.03. The van der Waals surface area contributed by atoms with Crippen molar-refractivity contribution in [2.75, 3.05) is 0 Å². The first-order valence-electron chi connectivity index (χ1n) is 5.40. The summed E-state index contributed by atoms with van der Waals surface area (Å²) in [6.07, 6.45) is -4.62. The average molecular weight is 285 g/mol. The monoisotopic (exact) mass is 285 g/mol. The highest BCUT2D eigenvalue weighted by molar-refractivity contribution is 5.65. The predicted molar refractivity (Wildman–Crippen MR) is 63.5 cm³/mol. The summed E-state index contributed by atoms with van der Waals surface area (Å²) < 4.78 is 50.9. The van der Waals surface area contributed by atoms with E-state index < -0.39 is 22.5 Å². The second kappa shape index (κ2) is 4.92. The molecule has 0 aliphatic heterocycles. The Hall–Kier alpha value is -2.44. The van der Waals surface area contributed by atoms with E-state index in [-0.39, 0.29) is 16.8 Å². The molecule has 0 saturated heterocycles. The van der Waals surface area contributed by atoms with E-state index in [9.17, 15) is 27.7 Å². The maximum Gasteiger partial charge on any atom is 0.416 e. The fourth-order valence-electron chi connectivity index (χ4n) is 1.69. The van der Waals surface area contributed by atoms with Crippen LogP contribution in [0.1, 0.15) is 5.56 Å². The zero-order valence-corrected chi connectivity index (χ0v) is 9.82. The summed E-state index contributed by atoms with van der Waals surface area (Å²) in [6.45, 7) is 0. The van der Waals surface area contributed by atoms with E-state index in [1.165, 1.54) is 12.1 Å². The third-order valence-electron chi connectivity index (χ3n) is 2.69. The van der Waals surface area contributed by atoms with Gasteiger partial charge in [0.15, 0.2) is 0 Å². The van der Waals surface area contributed by atoms with Crippen LogP contribution in [-0.2, 0) is 6.18 Å². The molecule has 0 bridgehead atoms. The Kier molecular flexibility index (Phi) is 3.44. The molecule has 0 fully saturated rings. The van der Waals surface area contributed by atoms with E-state index in [0.29, 0.717) is 6.07 Å². The maximum atomic E-state index is 13.7. The van der Waals surface area contributed by atoms with Crippen LogP contribution in [0.15, 0.2) is 42.5 Å². The van der Waals surface area contributed by atoms with Crippen LogP contribution in [0.4, 0.5) is 23.2 Å². The lowest BCUT2D eigenvalue weighted by atomic mass is 10.0. The zero-order chi connectivity index (χ0) is 14.9. The van der Waals surface area contributed by atoms with E-state index in [0.717, 1.165) is 24.3 Å². The van der Waals surface area contributed by atoms with Gasteiger partial charge in [-0.15, -0.1) is 0 Å². The molecule has 0 atom stereocenters. The first kappa shape index (κ1) is 14.0. The lowest BCUT2D eigenvalue weighted by molar-refractivity contribution is -0.384. The number of hydrogen-bond acceptors (Lipinski definition) is 2. The molecule has 7 heteroatoms. The second-order valence-corrected chi connectivity index (χ2v) is 4.00. The SMILES string of the molecule is O=[N+]([O-])c1ccc(-c2ccc(C(F)(F)F)cc2F)cc1. The standard InChI is InChI=1S/C13H7F4NO2/c14-12-7-9(13(15,16)17)3-6-11(12)8-1-4-10(5-2-8)18(19)20/h1-7H. The molecule has 0 amide bonds. The van der Waals surface area contributed by atoms with Crippen molar-refractivity contribution in [1.82, 2.24) is 0 Å². The van der Waals surface area contributed by atoms with Crippen LogP contribution in [0.5, 0.6) is 0 Å². The molecule has 20 heavy (non-hydrogen) atoms. The van der Waals surface area contributed by atoms with Gasteiger partial charge in [-0.2, -0.15) is 13.2 Å². The lowest BCUT2D eigenvalue weighted by Crippen LogP contribution is -2.05. The van der Waals surface area contributed by atoms with Gasteiger partial charge in [0.05, 0.1) is 10.5 Å². The Morgan fingerprint density at radius 1 is 1.00 bits per heavy atom. The quantitative estimate of drug-likeness (QED) is 0.465. The molecule has 0 unspecified atom stereocenters. The largest absolute Gasteiger partial charge is 0.416 e. The normalized spacial score (nSPS) is 11.4. The van der Waals surface area contributed by atoms with Gasteiger partial charge in [-0.05, 0) is 29.8 Å². The summed E-state index contributed by atoms with van der Waals surface area (Å²) in [5.41, 5.74) is -1.04. The van der Waals surface area contributed by atoms with Crippen molar-refractivity contribution in [3.05, 3.63) is 64.0 Å². The molecule has 0 heterocycles. The number of nitro benzene ring substituents is 1. The van der Waals surface area contributed by atoms with Gasteiger partial charge in [0.1, 0.15) is 5.82 Å². The Balaban J connectivity index is 2.41. The zero-order valence-electron chi connectivity index (χ0n) is 9.82. The first-order chi connectivity index (χ1) is 9.29. The smallest absolute Gasteiger partial charge is 0.258 e. The number of nitrogens with zero attached hydrogens (tertiary/aromatic N) is 1. The van der Waals surface area contributed by atoms with Crippen LogP contribution < -0.4 is 0 Å². The minimum atomic E-state index is -4.62. The molecule has 0 N–H and O–H groups in total. The Labute approximate surface area is 110 Å². The average Bonchev–Trinajstić information content (AvgIpc) is 2.37. The van der Waals surface area contributed by atoms with Gasteiger partial charge < -0.3 is 0 Å². The molecule has 2 aromatic carbocycles. The molecule has 0 aliphatic carbocycles. The van der Waals surface area contributed by atoms with Gasteiger partial charge in [-0.25, -0.2) is 4.39 Å². The molecular formula is C13H7F4NO2. The molecule has 0 aliphatic rings. The number of halogens is 4. The van der Waals surface area contributed by atoms with Crippen molar-refractivity contribution < 1.29 is 22.5 Å². The van der Waals surface area contributed by atoms with Crippen LogP contribution in [-0.4, -0.2) is 4.92 Å². The minimum Gasteiger partial charge on any atom is -0.258 e. The number of hydrogen-bond donors (Lipinski definition) is 0. The van der Waals surface area contributed by atoms with Gasteiger partial charge in [0, 0.05) is 17.7 Å². The van der Waals surface area contributed by atoms with Gasteiger partial charge >= 0.3 is 6.18 Å². The molecule has 3 nitrogen and oxygen atoms in total. The number of nitro groups is 1. The van der Waals surface area contributed by atoms with Crippen molar-refractivity contribution in [1.29, 1.82) is 0 Å². The van der Waals surface area contributed by atoms with Gasteiger partial charge in [0.25, 0.3) is 5.69 Å². The summed E-state index contributed by atoms with van der Waals surface area (Å²) in [5, 5.41) is 10.5. The molecular weight excluding hydrogens is 278 g/mol. The molecule has 2 aromatic rings. The van der Waals surface area contributed by atoms with Crippen molar-refractivity contribution in [2.24, 2.45) is 0 Å². The topological polar surface area (TPSA) is 43.1 Å². The van der Waals surface area contributed by atoms with E-state index in [1.54, 1.807) is 0 Å². The summed E-state index contributed by atoms with van der Waals surface area (Å²) >= 11 is 0. The third-order valence-corrected chi connectivity index (χ3v) is 2.69. The number of alkyl halides is 3. The maximum absolute atomic E-state index is 13.7. The van der Waals surface area contributed by atoms with Gasteiger partial charge in [-0.1, -0.05) is 6.07 Å². The highest BCUT2D eigenvalue weighted by Gasteiger charge is 2.31. The summed E-state index contributed by atoms with van der Waals surface area (Å²) in [7, 11) is 0. The van der Waals surface area contributed by atoms with E-state index in [2.05, 4.69) is 0 Å². The van der Waals surface area contributed by atoms with Crippen LogP contribution in [0.3, 0.4) is 0 Å². The van der Waals surface area contributed by atoms with Crippen LogP contribution in [0.25, 0.3) is 11.1 Å². The summed E-state index contributed by atoms with van der Waals surface area (Å²) in [6, 6.07) is 7.04. The molecule has 0 saturated carbocycles. The van der Waals surface area contributed by atoms with Gasteiger partial charge in [-0.3, -0.25) is 10.1 Å². The van der Waals surface area contributed by atoms with Crippen LogP contribution in [0.2, 0.25) is 0 Å². The van der Waals surface area contributed by atoms with Gasteiger partial charge in [0.2, 0.25) is 0 Å². The molecule has 0 spiro atoms. The number of rotatable bonds is 2. The van der Waals surface area contributed by atoms with E-state index in [1.807, 2.05) is 0 Å². The third kappa shape index (κ3) is 2.76. The number of non-ortho nitro benzene ring substituents is 1. The molecule has 0 aromatic heterocycles. The van der Waals surface area contributed by atoms with E-state index in [4.69, 9.17) is 0 Å². The number of benzene rings is 2. The molecule has 0 radical (unpaired) electrons. The molecule has 2 rings (SSSR count). The first-order valence-corrected chi connectivity index (χ1v) is 5.40. The van der Waals surface area contributed by atoms with Crippen molar-refractivity contribution in [3.63, 3.8) is 0 Å². The Morgan fingerprint density at radius 2 is 1.60 bits per heavy atom. The van der Waals surface area contributed by atoms with Crippen LogP contribution >= 0.6 is 0 Å². The fourth-order valence-corrected chi connectivity index (χ4v) is 1.69. The highest BCUT2D eigenvalue weighted by Crippen LogP contribution is 2.33. The van der Waals surface area contributed by atoms with Crippen molar-refractivity contribution >= 4 is 5.69 Å². The lowest BCUT2D eigenvalue weighted by Gasteiger charge is -2.09. The predicted octanol–water partition coefficient (Wildman–Crippen LogP) is 4.42. The fraction of sp³-hybridized carbons (Fsp3) is 0.0769. The Bertz CT molecular complexity index is 650. The highest BCUT2D eigenvalue weighted by atomic mass is 19.4.